The quantitative estimate of drug-likeness (QED) is 0.422. The number of hydrazone groups is 1. The molecule has 1 aliphatic heterocycles. The highest BCUT2D eigenvalue weighted by atomic mass is 79.9. The molecule has 2 amide bonds. The lowest BCUT2D eigenvalue weighted by Gasteiger charge is -2.04. The molecule has 1 aromatic carbocycles. The molecule has 0 atom stereocenters. The lowest BCUT2D eigenvalue weighted by molar-refractivity contribution is -0.129. The van der Waals surface area contributed by atoms with Crippen molar-refractivity contribution >= 4 is 34.0 Å². The van der Waals surface area contributed by atoms with Gasteiger partial charge in [0.15, 0.2) is 11.5 Å². The smallest absolute Gasteiger partial charge is 0.249 e. The molecule has 0 saturated carbocycles. The number of carbonyl (C=O) groups is 2. The Bertz CT molecular complexity index is 842. The monoisotopic (exact) mass is 418 g/mol. The number of rotatable bonds is 6. The molecule has 3 rings (SSSR count). The topological polar surface area (TPSA) is 102 Å². The number of amides is 2. The average Bonchev–Trinajstić information content (AvgIpc) is 3.08. The lowest BCUT2D eigenvalue weighted by atomic mass is 10.2. The largest absolute Gasteiger partial charge is 0.454 e. The van der Waals surface area contributed by atoms with Crippen LogP contribution >= 0.6 is 15.9 Å². The van der Waals surface area contributed by atoms with Gasteiger partial charge in [0.1, 0.15) is 6.42 Å². The molecular weight excluding hydrogens is 404 g/mol. The Morgan fingerprint density at radius 2 is 2.08 bits per heavy atom. The summed E-state index contributed by atoms with van der Waals surface area (Å²) >= 11 is 3.39. The van der Waals surface area contributed by atoms with E-state index in [1.54, 1.807) is 30.6 Å². The fourth-order valence-electron chi connectivity index (χ4n) is 2.16. The highest BCUT2D eigenvalue weighted by Crippen LogP contribution is 2.36. The highest BCUT2D eigenvalue weighted by molar-refractivity contribution is 9.10. The van der Waals surface area contributed by atoms with Crippen molar-refractivity contribution in [3.63, 3.8) is 0 Å². The second-order valence-corrected chi connectivity index (χ2v) is 6.19. The molecule has 2 aromatic rings. The number of halogens is 1. The third kappa shape index (κ3) is 4.79. The summed E-state index contributed by atoms with van der Waals surface area (Å²) in [5.41, 5.74) is 3.88. The van der Waals surface area contributed by atoms with Crippen molar-refractivity contribution in [2.24, 2.45) is 5.10 Å². The van der Waals surface area contributed by atoms with Gasteiger partial charge in [-0.25, -0.2) is 5.43 Å². The van der Waals surface area contributed by atoms with Gasteiger partial charge in [0.05, 0.1) is 6.21 Å². The van der Waals surface area contributed by atoms with Crippen molar-refractivity contribution in [1.82, 2.24) is 15.7 Å². The van der Waals surface area contributed by atoms with Gasteiger partial charge in [-0.2, -0.15) is 5.10 Å². The number of nitrogens with zero attached hydrogens (tertiary/aromatic N) is 2. The fraction of sp³-hybridized carbons (Fsp3) is 0.176. The Hall–Kier alpha value is -2.94. The van der Waals surface area contributed by atoms with Crippen LogP contribution < -0.4 is 20.2 Å². The summed E-state index contributed by atoms with van der Waals surface area (Å²) in [5, 5.41) is 6.50. The predicted octanol–water partition coefficient (Wildman–Crippen LogP) is 1.73. The van der Waals surface area contributed by atoms with E-state index < -0.39 is 11.8 Å². The molecule has 1 aliphatic rings. The minimum absolute atomic E-state index is 0.174. The van der Waals surface area contributed by atoms with Crippen molar-refractivity contribution in [2.45, 2.75) is 13.0 Å². The normalized spacial score (nSPS) is 12.2. The Morgan fingerprint density at radius 1 is 1.27 bits per heavy atom. The number of benzene rings is 1. The zero-order valence-electron chi connectivity index (χ0n) is 13.6. The standard InChI is InChI=1S/C17H15BrN4O4/c18-13-5-15-14(25-10-26-15)4-12(13)9-21-22-17(24)6-16(23)20-8-11-2-1-3-19-7-11/h1-5,7,9H,6,8,10H2,(H,20,23)(H,22,24)/b21-9-. The fourth-order valence-corrected chi connectivity index (χ4v) is 2.58. The van der Waals surface area contributed by atoms with E-state index in [1.807, 2.05) is 6.07 Å². The molecule has 1 aromatic heterocycles. The minimum Gasteiger partial charge on any atom is -0.454 e. The van der Waals surface area contributed by atoms with Gasteiger partial charge in [-0.3, -0.25) is 14.6 Å². The van der Waals surface area contributed by atoms with Crippen LogP contribution in [0.4, 0.5) is 0 Å². The van der Waals surface area contributed by atoms with Gasteiger partial charge in [-0.15, -0.1) is 0 Å². The maximum absolute atomic E-state index is 11.8. The number of fused-ring (bicyclic) bond motifs is 1. The van der Waals surface area contributed by atoms with Crippen LogP contribution in [0.3, 0.4) is 0 Å². The van der Waals surface area contributed by atoms with Crippen molar-refractivity contribution in [3.8, 4) is 11.5 Å². The van der Waals surface area contributed by atoms with Crippen molar-refractivity contribution < 1.29 is 19.1 Å². The second kappa shape index (κ2) is 8.43. The molecule has 0 fully saturated rings. The van der Waals surface area contributed by atoms with Gasteiger partial charge < -0.3 is 14.8 Å². The maximum atomic E-state index is 11.8. The number of pyridine rings is 1. The van der Waals surface area contributed by atoms with Crippen molar-refractivity contribution in [1.29, 1.82) is 0 Å². The molecule has 0 saturated heterocycles. The molecule has 8 nitrogen and oxygen atoms in total. The maximum Gasteiger partial charge on any atom is 0.249 e. The molecule has 2 N–H and O–H groups in total. The molecule has 0 aliphatic carbocycles. The van der Waals surface area contributed by atoms with E-state index in [1.165, 1.54) is 6.21 Å². The van der Waals surface area contributed by atoms with Gasteiger partial charge in [-0.1, -0.05) is 6.07 Å². The van der Waals surface area contributed by atoms with Crippen LogP contribution in [-0.4, -0.2) is 29.8 Å². The van der Waals surface area contributed by atoms with Gasteiger partial charge in [-0.05, 0) is 39.7 Å². The molecular formula is C17H15BrN4O4. The SMILES string of the molecule is O=C(CC(=O)N/N=C\c1cc2c(cc1Br)OCO2)NCc1cccnc1. The first kappa shape index (κ1) is 17.9. The van der Waals surface area contributed by atoms with Crippen LogP contribution in [0.25, 0.3) is 0 Å². The van der Waals surface area contributed by atoms with E-state index in [9.17, 15) is 9.59 Å². The molecule has 0 radical (unpaired) electrons. The van der Waals surface area contributed by atoms with Crippen molar-refractivity contribution in [2.75, 3.05) is 6.79 Å². The first-order chi connectivity index (χ1) is 12.6. The van der Waals surface area contributed by atoms with Gasteiger partial charge in [0.2, 0.25) is 18.6 Å². The van der Waals surface area contributed by atoms with Crippen molar-refractivity contribution in [3.05, 3.63) is 52.3 Å². The Balaban J connectivity index is 1.46. The van der Waals surface area contributed by atoms with E-state index in [4.69, 9.17) is 9.47 Å². The van der Waals surface area contributed by atoms with E-state index in [2.05, 4.69) is 36.8 Å². The average molecular weight is 419 g/mol. The highest BCUT2D eigenvalue weighted by Gasteiger charge is 2.15. The van der Waals surface area contributed by atoms with E-state index in [0.29, 0.717) is 23.6 Å². The Kier molecular flexibility index (Phi) is 5.80. The molecule has 0 unspecified atom stereocenters. The Labute approximate surface area is 157 Å². The van der Waals surface area contributed by atoms with Crippen LogP contribution in [0, 0.1) is 0 Å². The predicted molar refractivity (Wildman–Crippen MR) is 96.7 cm³/mol. The lowest BCUT2D eigenvalue weighted by Crippen LogP contribution is -2.29. The number of carbonyl (C=O) groups excluding carboxylic acids is 2. The number of nitrogens with one attached hydrogen (secondary N) is 2. The number of hydrogen-bond acceptors (Lipinski definition) is 6. The molecule has 0 spiro atoms. The number of ether oxygens (including phenoxy) is 2. The first-order valence-corrected chi connectivity index (χ1v) is 8.48. The summed E-state index contributed by atoms with van der Waals surface area (Å²) in [7, 11) is 0. The third-order valence-corrected chi connectivity index (χ3v) is 4.11. The summed E-state index contributed by atoms with van der Waals surface area (Å²) in [6, 6.07) is 7.11. The van der Waals surface area contributed by atoms with Gasteiger partial charge in [0.25, 0.3) is 0 Å². The second-order valence-electron chi connectivity index (χ2n) is 5.33. The first-order valence-electron chi connectivity index (χ1n) is 7.68. The number of aromatic nitrogens is 1. The minimum atomic E-state index is -0.512. The third-order valence-electron chi connectivity index (χ3n) is 3.42. The summed E-state index contributed by atoms with van der Waals surface area (Å²) < 4.78 is 11.3. The summed E-state index contributed by atoms with van der Waals surface area (Å²) in [5.74, 6) is 0.340. The molecule has 26 heavy (non-hydrogen) atoms. The van der Waals surface area contributed by atoms with Crippen LogP contribution in [0.5, 0.6) is 11.5 Å². The van der Waals surface area contributed by atoms with Crippen LogP contribution in [0.15, 0.2) is 46.2 Å². The molecule has 9 heteroatoms. The van der Waals surface area contributed by atoms with E-state index >= 15 is 0 Å². The van der Waals surface area contributed by atoms with E-state index in [0.717, 1.165) is 10.0 Å². The zero-order valence-corrected chi connectivity index (χ0v) is 15.2. The molecule has 134 valence electrons. The molecule has 2 heterocycles. The summed E-state index contributed by atoms with van der Waals surface area (Å²) in [4.78, 5) is 27.5. The zero-order chi connectivity index (χ0) is 18.4. The van der Waals surface area contributed by atoms with Crippen LogP contribution in [-0.2, 0) is 16.1 Å². The summed E-state index contributed by atoms with van der Waals surface area (Å²) in [6.07, 6.45) is 4.43. The van der Waals surface area contributed by atoms with Crippen LogP contribution in [0.2, 0.25) is 0 Å². The van der Waals surface area contributed by atoms with Gasteiger partial charge >= 0.3 is 0 Å². The summed E-state index contributed by atoms with van der Waals surface area (Å²) in [6.45, 7) is 0.487. The van der Waals surface area contributed by atoms with Crippen LogP contribution in [0.1, 0.15) is 17.5 Å². The van der Waals surface area contributed by atoms with E-state index in [-0.39, 0.29) is 13.2 Å². The number of hydrogen-bond donors (Lipinski definition) is 2. The molecule has 0 bridgehead atoms. The van der Waals surface area contributed by atoms with Gasteiger partial charge in [0, 0.05) is 29.0 Å². The Morgan fingerprint density at radius 3 is 2.85 bits per heavy atom.